The molecule has 0 fully saturated rings. The third-order valence-corrected chi connectivity index (χ3v) is 2.39. The minimum atomic E-state index is -4.56. The molecule has 1 N–H and O–H groups in total. The number of rotatable bonds is 1. The van der Waals surface area contributed by atoms with Crippen LogP contribution in [0.5, 0.6) is 5.88 Å². The van der Waals surface area contributed by atoms with Crippen LogP contribution in [-0.4, -0.2) is 29.4 Å². The SMILES string of the molecule is COc1ncccc1C(F)(F)F.O=C=O.O=C=O.O=c1[nH]cccc1C(F)(F)F. The van der Waals surface area contributed by atoms with Crippen LogP contribution < -0.4 is 10.3 Å². The van der Waals surface area contributed by atoms with E-state index in [1.807, 2.05) is 4.98 Å². The van der Waals surface area contributed by atoms with Crippen molar-refractivity contribution in [2.75, 3.05) is 7.11 Å². The number of methoxy groups -OCH3 is 1. The van der Waals surface area contributed by atoms with Crippen molar-refractivity contribution in [3.63, 3.8) is 0 Å². The standard InChI is InChI=1S/C7H6F3NO.C6H4F3NO.2CO2/c1-12-6-5(7(8,9)10)3-2-4-11-6;7-6(8,9)4-2-1-3-10-5(4)11;2*2-1-3/h2-4H,1H3;1-3H,(H,10,11);;. The molecular formula is C15H10F6N2O6. The lowest BCUT2D eigenvalue weighted by molar-refractivity contribution is -0.193. The quantitative estimate of drug-likeness (QED) is 0.692. The Labute approximate surface area is 157 Å². The molecule has 0 saturated heterocycles. The molecule has 0 unspecified atom stereocenters. The molecule has 2 aromatic heterocycles. The predicted octanol–water partition coefficient (Wildman–Crippen LogP) is 2.34. The number of hydrogen-bond acceptors (Lipinski definition) is 7. The average Bonchev–Trinajstić information content (AvgIpc) is 2.62. The number of carbonyl (C=O) groups excluding carboxylic acids is 4. The van der Waals surface area contributed by atoms with Gasteiger partial charge in [-0.3, -0.25) is 4.79 Å². The number of nitrogens with zero attached hydrogens (tertiary/aromatic N) is 1. The first-order valence-electron chi connectivity index (χ1n) is 6.70. The maximum atomic E-state index is 12.1. The number of H-pyrrole nitrogens is 1. The molecule has 14 heteroatoms. The van der Waals surface area contributed by atoms with Gasteiger partial charge in [0.05, 0.1) is 7.11 Å². The summed E-state index contributed by atoms with van der Waals surface area (Å²) >= 11 is 0. The van der Waals surface area contributed by atoms with Crippen molar-refractivity contribution in [1.82, 2.24) is 9.97 Å². The van der Waals surface area contributed by atoms with Gasteiger partial charge in [0.1, 0.15) is 11.1 Å². The molecular weight excluding hydrogens is 418 g/mol. The van der Waals surface area contributed by atoms with E-state index < -0.39 is 34.9 Å². The fourth-order valence-corrected chi connectivity index (χ4v) is 1.41. The Hall–Kier alpha value is -3.76. The van der Waals surface area contributed by atoms with E-state index in [2.05, 4.69) is 9.72 Å². The van der Waals surface area contributed by atoms with Gasteiger partial charge in [-0.25, -0.2) is 4.98 Å². The smallest absolute Gasteiger partial charge is 0.421 e. The first-order chi connectivity index (χ1) is 13.4. The van der Waals surface area contributed by atoms with Crippen molar-refractivity contribution in [2.24, 2.45) is 0 Å². The normalized spacial score (nSPS) is 9.62. The molecule has 29 heavy (non-hydrogen) atoms. The van der Waals surface area contributed by atoms with Crippen LogP contribution in [0.3, 0.4) is 0 Å². The molecule has 0 aromatic carbocycles. The Bertz CT molecular complexity index is 854. The summed E-state index contributed by atoms with van der Waals surface area (Å²) in [5, 5.41) is 0. The van der Waals surface area contributed by atoms with Crippen molar-refractivity contribution in [2.45, 2.75) is 12.4 Å². The maximum Gasteiger partial charge on any atom is 0.421 e. The zero-order valence-corrected chi connectivity index (χ0v) is 14.1. The van der Waals surface area contributed by atoms with Crippen LogP contribution >= 0.6 is 0 Å². The van der Waals surface area contributed by atoms with Crippen molar-refractivity contribution in [3.05, 3.63) is 58.1 Å². The lowest BCUT2D eigenvalue weighted by Crippen LogP contribution is -2.20. The minimum absolute atomic E-state index is 0.250. The van der Waals surface area contributed by atoms with Gasteiger partial charge >= 0.3 is 24.7 Å². The van der Waals surface area contributed by atoms with Gasteiger partial charge in [0.2, 0.25) is 5.88 Å². The molecule has 0 aliphatic rings. The number of halogens is 6. The predicted molar refractivity (Wildman–Crippen MR) is 77.9 cm³/mol. The molecule has 0 saturated carbocycles. The number of aromatic nitrogens is 2. The highest BCUT2D eigenvalue weighted by Gasteiger charge is 2.34. The molecule has 0 aliphatic carbocycles. The van der Waals surface area contributed by atoms with Crippen LogP contribution in [0.25, 0.3) is 0 Å². The average molecular weight is 428 g/mol. The first kappa shape index (κ1) is 27.5. The summed E-state index contributed by atoms with van der Waals surface area (Å²) in [5.41, 5.74) is -3.13. The highest BCUT2D eigenvalue weighted by Crippen LogP contribution is 2.34. The van der Waals surface area contributed by atoms with Crippen molar-refractivity contribution in [3.8, 4) is 5.88 Å². The molecule has 0 bridgehead atoms. The highest BCUT2D eigenvalue weighted by atomic mass is 19.4. The van der Waals surface area contributed by atoms with Gasteiger partial charge in [0, 0.05) is 12.4 Å². The van der Waals surface area contributed by atoms with E-state index in [1.165, 1.54) is 12.3 Å². The van der Waals surface area contributed by atoms with E-state index in [-0.39, 0.29) is 12.3 Å². The van der Waals surface area contributed by atoms with Crippen LogP contribution in [0, 0.1) is 0 Å². The lowest BCUT2D eigenvalue weighted by atomic mass is 10.2. The minimum Gasteiger partial charge on any atom is -0.481 e. The second-order valence-electron chi connectivity index (χ2n) is 4.14. The fraction of sp³-hybridized carbons (Fsp3) is 0.200. The summed E-state index contributed by atoms with van der Waals surface area (Å²) in [6, 6.07) is 4.00. The molecule has 2 heterocycles. The topological polar surface area (TPSA) is 123 Å². The Morgan fingerprint density at radius 1 is 0.897 bits per heavy atom. The van der Waals surface area contributed by atoms with E-state index >= 15 is 0 Å². The number of alkyl halides is 6. The Morgan fingerprint density at radius 3 is 1.66 bits per heavy atom. The third kappa shape index (κ3) is 11.5. The second-order valence-corrected chi connectivity index (χ2v) is 4.14. The Kier molecular flexibility index (Phi) is 12.7. The monoisotopic (exact) mass is 428 g/mol. The van der Waals surface area contributed by atoms with Gasteiger partial charge in [0.15, 0.2) is 0 Å². The van der Waals surface area contributed by atoms with Crippen molar-refractivity contribution >= 4 is 12.3 Å². The van der Waals surface area contributed by atoms with E-state index in [0.29, 0.717) is 0 Å². The Balaban J connectivity index is 0. The molecule has 2 rings (SSSR count). The summed E-state index contributed by atoms with van der Waals surface area (Å²) in [6.07, 6.45) is -6.07. The van der Waals surface area contributed by atoms with E-state index in [4.69, 9.17) is 19.2 Å². The molecule has 0 spiro atoms. The van der Waals surface area contributed by atoms with Crippen LogP contribution in [0.2, 0.25) is 0 Å². The molecule has 158 valence electrons. The van der Waals surface area contributed by atoms with Crippen LogP contribution in [0.4, 0.5) is 26.3 Å². The van der Waals surface area contributed by atoms with E-state index in [1.54, 1.807) is 0 Å². The summed E-state index contributed by atoms with van der Waals surface area (Å²) in [7, 11) is 1.15. The van der Waals surface area contributed by atoms with Crippen LogP contribution in [-0.2, 0) is 31.5 Å². The highest BCUT2D eigenvalue weighted by molar-refractivity contribution is 5.28. The van der Waals surface area contributed by atoms with Gasteiger partial charge < -0.3 is 9.72 Å². The molecule has 2 aromatic rings. The van der Waals surface area contributed by atoms with Crippen molar-refractivity contribution < 1.29 is 50.3 Å². The Morgan fingerprint density at radius 2 is 1.34 bits per heavy atom. The number of nitrogens with one attached hydrogen (secondary N) is 1. The lowest BCUT2D eigenvalue weighted by Gasteiger charge is -2.09. The third-order valence-electron chi connectivity index (χ3n) is 2.39. The van der Waals surface area contributed by atoms with Crippen LogP contribution in [0.15, 0.2) is 41.5 Å². The summed E-state index contributed by atoms with van der Waals surface area (Å²) in [6.45, 7) is 0. The molecule has 0 aliphatic heterocycles. The number of ether oxygens (including phenoxy) is 1. The van der Waals surface area contributed by atoms with Gasteiger partial charge in [-0.2, -0.15) is 45.5 Å². The fourth-order valence-electron chi connectivity index (χ4n) is 1.41. The van der Waals surface area contributed by atoms with Crippen LogP contribution in [0.1, 0.15) is 11.1 Å². The number of pyridine rings is 2. The van der Waals surface area contributed by atoms with Crippen molar-refractivity contribution in [1.29, 1.82) is 0 Å². The van der Waals surface area contributed by atoms with Gasteiger partial charge in [0.25, 0.3) is 5.56 Å². The molecule has 0 amide bonds. The first-order valence-corrected chi connectivity index (χ1v) is 6.70. The summed E-state index contributed by atoms with van der Waals surface area (Å²) in [4.78, 5) is 48.3. The second kappa shape index (κ2) is 13.4. The zero-order valence-electron chi connectivity index (χ0n) is 14.1. The molecule has 0 radical (unpaired) electrons. The maximum absolute atomic E-state index is 12.1. The molecule has 8 nitrogen and oxygen atoms in total. The summed E-state index contributed by atoms with van der Waals surface area (Å²) < 4.78 is 76.3. The molecule has 0 atom stereocenters. The van der Waals surface area contributed by atoms with Gasteiger partial charge in [-0.05, 0) is 24.3 Å². The largest absolute Gasteiger partial charge is 0.481 e. The number of aromatic amines is 1. The number of hydrogen-bond donors (Lipinski definition) is 1. The summed E-state index contributed by atoms with van der Waals surface area (Å²) in [5.74, 6) is -0.398. The zero-order chi connectivity index (χ0) is 23.1. The van der Waals surface area contributed by atoms with E-state index in [0.717, 1.165) is 31.5 Å². The van der Waals surface area contributed by atoms with E-state index in [9.17, 15) is 31.1 Å². The van der Waals surface area contributed by atoms with Gasteiger partial charge in [-0.1, -0.05) is 0 Å². The van der Waals surface area contributed by atoms with Gasteiger partial charge in [-0.15, -0.1) is 0 Å².